The largest absolute Gasteiger partial charge is 0.469 e. The van der Waals surface area contributed by atoms with Crippen molar-refractivity contribution in [3.05, 3.63) is 29.2 Å². The summed E-state index contributed by atoms with van der Waals surface area (Å²) in [5.74, 6) is 0.847. The van der Waals surface area contributed by atoms with Crippen molar-refractivity contribution in [3.63, 3.8) is 0 Å². The van der Waals surface area contributed by atoms with Crippen molar-refractivity contribution in [2.24, 2.45) is 7.05 Å². The first-order valence-electron chi connectivity index (χ1n) is 5.69. The highest BCUT2D eigenvalue weighted by molar-refractivity contribution is 6.32. The average Bonchev–Trinajstić information content (AvgIpc) is 2.77. The molecule has 0 unspecified atom stereocenters. The second-order valence-electron chi connectivity index (χ2n) is 3.89. The zero-order chi connectivity index (χ0) is 13.8. The number of aryl methyl sites for hydroxylation is 2. The topological polar surface area (TPSA) is 69.9 Å². The molecule has 0 aliphatic heterocycles. The molecule has 2 rings (SSSR count). The summed E-state index contributed by atoms with van der Waals surface area (Å²) < 4.78 is 6.18. The monoisotopic (exact) mass is 280 g/mol. The van der Waals surface area contributed by atoms with Crippen molar-refractivity contribution >= 4 is 17.6 Å². The zero-order valence-corrected chi connectivity index (χ0v) is 11.4. The molecule has 6 nitrogen and oxygen atoms in total. The molecule has 0 amide bonds. The molecule has 0 atom stereocenters. The van der Waals surface area contributed by atoms with Gasteiger partial charge in [-0.05, 0) is 12.1 Å². The summed E-state index contributed by atoms with van der Waals surface area (Å²) in [7, 11) is 3.11. The Balaban J connectivity index is 2.22. The van der Waals surface area contributed by atoms with E-state index in [0.717, 1.165) is 0 Å². The van der Waals surface area contributed by atoms with Crippen molar-refractivity contribution in [1.82, 2.24) is 19.7 Å². The molecule has 0 fully saturated rings. The van der Waals surface area contributed by atoms with Crippen LogP contribution in [0.5, 0.6) is 0 Å². The maximum Gasteiger partial charge on any atom is 0.305 e. The molecule has 0 aliphatic rings. The van der Waals surface area contributed by atoms with Crippen LogP contribution in [-0.4, -0.2) is 32.8 Å². The van der Waals surface area contributed by atoms with Gasteiger partial charge in [0, 0.05) is 19.7 Å². The Kier molecular flexibility index (Phi) is 4.11. The number of halogens is 1. The van der Waals surface area contributed by atoms with Crippen LogP contribution in [0.1, 0.15) is 12.2 Å². The van der Waals surface area contributed by atoms with Crippen LogP contribution in [0.3, 0.4) is 0 Å². The van der Waals surface area contributed by atoms with Crippen LogP contribution in [0, 0.1) is 0 Å². The van der Waals surface area contributed by atoms with E-state index < -0.39 is 0 Å². The van der Waals surface area contributed by atoms with Crippen molar-refractivity contribution in [2.45, 2.75) is 12.8 Å². The second-order valence-corrected chi connectivity index (χ2v) is 4.29. The first-order valence-corrected chi connectivity index (χ1v) is 6.07. The lowest BCUT2D eigenvalue weighted by atomic mass is 10.3. The van der Waals surface area contributed by atoms with Crippen molar-refractivity contribution < 1.29 is 9.53 Å². The number of rotatable bonds is 4. The Hall–Kier alpha value is -1.95. The van der Waals surface area contributed by atoms with E-state index in [9.17, 15) is 4.79 Å². The highest BCUT2D eigenvalue weighted by atomic mass is 35.5. The van der Waals surface area contributed by atoms with Crippen LogP contribution >= 0.6 is 11.6 Å². The maximum atomic E-state index is 11.1. The van der Waals surface area contributed by atoms with E-state index in [1.54, 1.807) is 30.1 Å². The van der Waals surface area contributed by atoms with Crippen LogP contribution < -0.4 is 0 Å². The van der Waals surface area contributed by atoms with Gasteiger partial charge in [-0.15, -0.1) is 0 Å². The minimum Gasteiger partial charge on any atom is -0.469 e. The predicted octanol–water partition coefficient (Wildman–Crippen LogP) is 1.64. The normalized spacial score (nSPS) is 10.5. The summed E-state index contributed by atoms with van der Waals surface area (Å²) in [6.07, 6.45) is 2.31. The number of carbonyl (C=O) groups is 1. The lowest BCUT2D eigenvalue weighted by Crippen LogP contribution is -2.03. The van der Waals surface area contributed by atoms with Gasteiger partial charge in [0.15, 0.2) is 11.6 Å². The number of hydrogen-bond donors (Lipinski definition) is 0. The Labute approximate surface area is 115 Å². The first-order chi connectivity index (χ1) is 9.11. The van der Waals surface area contributed by atoms with E-state index in [0.29, 0.717) is 28.8 Å². The van der Waals surface area contributed by atoms with Crippen LogP contribution in [0.15, 0.2) is 18.3 Å². The van der Waals surface area contributed by atoms with Gasteiger partial charge in [0.1, 0.15) is 5.69 Å². The predicted molar refractivity (Wildman–Crippen MR) is 69.6 cm³/mol. The fourth-order valence-electron chi connectivity index (χ4n) is 1.62. The van der Waals surface area contributed by atoms with E-state index in [1.165, 1.54) is 7.11 Å². The number of pyridine rings is 1. The molecule has 0 N–H and O–H groups in total. The highest BCUT2D eigenvalue weighted by Crippen LogP contribution is 2.23. The van der Waals surface area contributed by atoms with Gasteiger partial charge in [-0.25, -0.2) is 9.67 Å². The van der Waals surface area contributed by atoms with E-state index in [-0.39, 0.29) is 12.4 Å². The average molecular weight is 281 g/mol. The second kappa shape index (κ2) is 5.79. The van der Waals surface area contributed by atoms with Crippen LogP contribution in [0.2, 0.25) is 5.02 Å². The summed E-state index contributed by atoms with van der Waals surface area (Å²) in [5.41, 5.74) is 0.573. The number of methoxy groups -OCH3 is 1. The standard InChI is InChI=1S/C12H13ClN4O2/c1-17-12(11-8(13)4-3-7-14-11)15-9(16-17)5-6-10(18)19-2/h3-4,7H,5-6H2,1-2H3. The molecular formula is C12H13ClN4O2. The summed E-state index contributed by atoms with van der Waals surface area (Å²) in [4.78, 5) is 19.6. The van der Waals surface area contributed by atoms with Gasteiger partial charge in [0.2, 0.25) is 0 Å². The maximum absolute atomic E-state index is 11.1. The van der Waals surface area contributed by atoms with E-state index >= 15 is 0 Å². The van der Waals surface area contributed by atoms with Gasteiger partial charge in [-0.3, -0.25) is 9.78 Å². The van der Waals surface area contributed by atoms with Crippen molar-refractivity contribution in [2.75, 3.05) is 7.11 Å². The molecule has 0 aliphatic carbocycles. The molecule has 2 aromatic rings. The van der Waals surface area contributed by atoms with Gasteiger partial charge in [-0.1, -0.05) is 11.6 Å². The van der Waals surface area contributed by atoms with Crippen LogP contribution in [0.4, 0.5) is 0 Å². The Bertz CT molecular complexity index is 597. The molecule has 0 saturated carbocycles. The van der Waals surface area contributed by atoms with E-state index in [4.69, 9.17) is 11.6 Å². The Morgan fingerprint density at radius 1 is 1.53 bits per heavy atom. The first kappa shape index (κ1) is 13.5. The number of nitrogens with zero attached hydrogens (tertiary/aromatic N) is 4. The van der Waals surface area contributed by atoms with E-state index in [1.807, 2.05) is 0 Å². The summed E-state index contributed by atoms with van der Waals surface area (Å²) in [6, 6.07) is 3.49. The fraction of sp³-hybridized carbons (Fsp3) is 0.333. The number of esters is 1. The quantitative estimate of drug-likeness (QED) is 0.796. The molecular weight excluding hydrogens is 268 g/mol. The van der Waals surface area contributed by atoms with Crippen LogP contribution in [-0.2, 0) is 23.0 Å². The molecule has 0 aromatic carbocycles. The third-order valence-corrected chi connectivity index (χ3v) is 2.86. The Morgan fingerprint density at radius 3 is 3.00 bits per heavy atom. The Morgan fingerprint density at radius 2 is 2.32 bits per heavy atom. The lowest BCUT2D eigenvalue weighted by molar-refractivity contribution is -0.140. The third kappa shape index (κ3) is 3.08. The van der Waals surface area contributed by atoms with Crippen molar-refractivity contribution in [1.29, 1.82) is 0 Å². The zero-order valence-electron chi connectivity index (χ0n) is 10.6. The SMILES string of the molecule is COC(=O)CCc1nc(-c2ncccc2Cl)n(C)n1. The molecule has 0 bridgehead atoms. The van der Waals surface area contributed by atoms with Gasteiger partial charge in [0.05, 0.1) is 18.6 Å². The van der Waals surface area contributed by atoms with Gasteiger partial charge >= 0.3 is 5.97 Å². The lowest BCUT2D eigenvalue weighted by Gasteiger charge is -2.00. The summed E-state index contributed by atoms with van der Waals surface area (Å²) in [6.45, 7) is 0. The molecule has 7 heteroatoms. The molecule has 0 radical (unpaired) electrons. The summed E-state index contributed by atoms with van der Waals surface area (Å²) >= 11 is 6.07. The number of carbonyl (C=O) groups excluding carboxylic acids is 1. The molecule has 19 heavy (non-hydrogen) atoms. The minimum atomic E-state index is -0.287. The van der Waals surface area contributed by atoms with E-state index in [2.05, 4.69) is 19.8 Å². The smallest absolute Gasteiger partial charge is 0.305 e. The van der Waals surface area contributed by atoms with Crippen LogP contribution in [0.25, 0.3) is 11.5 Å². The molecule has 2 heterocycles. The minimum absolute atomic E-state index is 0.246. The van der Waals surface area contributed by atoms with Gasteiger partial charge in [-0.2, -0.15) is 5.10 Å². The molecule has 100 valence electrons. The summed E-state index contributed by atoms with van der Waals surface area (Å²) in [5, 5.41) is 4.75. The number of hydrogen-bond acceptors (Lipinski definition) is 5. The van der Waals surface area contributed by atoms with Crippen molar-refractivity contribution in [3.8, 4) is 11.5 Å². The third-order valence-electron chi connectivity index (χ3n) is 2.56. The molecule has 2 aromatic heterocycles. The van der Waals surface area contributed by atoms with Gasteiger partial charge < -0.3 is 4.74 Å². The molecule has 0 spiro atoms. The number of ether oxygens (including phenoxy) is 1. The van der Waals surface area contributed by atoms with Gasteiger partial charge in [0.25, 0.3) is 0 Å². The molecule has 0 saturated heterocycles. The highest BCUT2D eigenvalue weighted by Gasteiger charge is 2.14. The fourth-order valence-corrected chi connectivity index (χ4v) is 1.82. The number of aromatic nitrogens is 4.